The summed E-state index contributed by atoms with van der Waals surface area (Å²) in [6, 6.07) is 14.0. The van der Waals surface area contributed by atoms with Crippen molar-refractivity contribution in [1.29, 1.82) is 5.26 Å². The highest BCUT2D eigenvalue weighted by atomic mass is 16.6. The van der Waals surface area contributed by atoms with Crippen molar-refractivity contribution < 1.29 is 19.1 Å². The van der Waals surface area contributed by atoms with Crippen molar-refractivity contribution in [3.8, 4) is 17.6 Å². The molecule has 0 spiro atoms. The molecule has 4 rings (SSSR count). The van der Waals surface area contributed by atoms with Crippen molar-refractivity contribution in [3.63, 3.8) is 0 Å². The zero-order valence-electron chi connectivity index (χ0n) is 17.3. The Morgan fingerprint density at radius 3 is 2.65 bits per heavy atom. The minimum absolute atomic E-state index is 0.0290. The molecule has 2 amide bonds. The Bertz CT molecular complexity index is 1020. The minimum atomic E-state index is -0.355. The Balaban J connectivity index is 1.39. The van der Waals surface area contributed by atoms with E-state index >= 15 is 0 Å². The van der Waals surface area contributed by atoms with Gasteiger partial charge in [-0.15, -0.1) is 0 Å². The van der Waals surface area contributed by atoms with Gasteiger partial charge < -0.3 is 19.7 Å². The molecule has 2 aromatic carbocycles. The first-order valence-corrected chi connectivity index (χ1v) is 10.3. The average Bonchev–Trinajstić information content (AvgIpc) is 3.18. The van der Waals surface area contributed by atoms with Crippen molar-refractivity contribution >= 4 is 23.2 Å². The lowest BCUT2D eigenvalue weighted by Gasteiger charge is -2.26. The fourth-order valence-corrected chi connectivity index (χ4v) is 3.92. The largest absolute Gasteiger partial charge is 0.486 e. The summed E-state index contributed by atoms with van der Waals surface area (Å²) in [4.78, 5) is 29.3. The van der Waals surface area contributed by atoms with Gasteiger partial charge in [0, 0.05) is 24.0 Å². The molecule has 1 atom stereocenters. The number of ether oxygens (including phenoxy) is 2. The van der Waals surface area contributed by atoms with Gasteiger partial charge >= 0.3 is 0 Å². The van der Waals surface area contributed by atoms with Crippen molar-refractivity contribution in [2.75, 3.05) is 43.1 Å². The molecule has 1 N–H and O–H groups in total. The number of nitrogens with one attached hydrogen (secondary N) is 1. The monoisotopic (exact) mass is 420 g/mol. The maximum atomic E-state index is 13.0. The van der Waals surface area contributed by atoms with E-state index in [0.29, 0.717) is 55.5 Å². The van der Waals surface area contributed by atoms with E-state index in [9.17, 15) is 9.59 Å². The summed E-state index contributed by atoms with van der Waals surface area (Å²) in [5.41, 5.74) is 1.95. The van der Waals surface area contributed by atoms with Crippen LogP contribution in [0, 0.1) is 11.3 Å². The SMILES string of the molecule is CCN(CC(=O)Nc1ccc2c(c1)OCCO2)C1CCN(c2ccc(C#N)cc2)C1=O. The summed E-state index contributed by atoms with van der Waals surface area (Å²) in [6.45, 7) is 4.20. The number of hydrogen-bond donors (Lipinski definition) is 1. The second kappa shape index (κ2) is 9.06. The highest BCUT2D eigenvalue weighted by Crippen LogP contribution is 2.32. The van der Waals surface area contributed by atoms with E-state index in [2.05, 4.69) is 11.4 Å². The Kier molecular flexibility index (Phi) is 6.05. The average molecular weight is 420 g/mol. The van der Waals surface area contributed by atoms with Gasteiger partial charge in [0.2, 0.25) is 11.8 Å². The molecule has 1 fully saturated rings. The Hall–Kier alpha value is -3.57. The third-order valence-corrected chi connectivity index (χ3v) is 5.50. The lowest BCUT2D eigenvalue weighted by Crippen LogP contribution is -2.45. The van der Waals surface area contributed by atoms with Gasteiger partial charge in [-0.05, 0) is 49.4 Å². The second-order valence-corrected chi connectivity index (χ2v) is 7.42. The number of hydrogen-bond acceptors (Lipinski definition) is 6. The molecular formula is C23H24N4O4. The van der Waals surface area contributed by atoms with E-state index in [1.54, 1.807) is 47.4 Å². The lowest BCUT2D eigenvalue weighted by atomic mass is 10.2. The highest BCUT2D eigenvalue weighted by Gasteiger charge is 2.36. The van der Waals surface area contributed by atoms with Crippen LogP contribution in [-0.4, -0.2) is 55.6 Å². The first kappa shape index (κ1) is 20.7. The van der Waals surface area contributed by atoms with Crippen LogP contribution in [0.3, 0.4) is 0 Å². The maximum Gasteiger partial charge on any atom is 0.244 e. The smallest absolute Gasteiger partial charge is 0.244 e. The molecule has 2 aliphatic rings. The van der Waals surface area contributed by atoms with Crippen LogP contribution >= 0.6 is 0 Å². The number of carbonyl (C=O) groups excluding carboxylic acids is 2. The van der Waals surface area contributed by atoms with Crippen molar-refractivity contribution in [3.05, 3.63) is 48.0 Å². The molecule has 2 aromatic rings. The van der Waals surface area contributed by atoms with Gasteiger partial charge in [0.15, 0.2) is 11.5 Å². The number of anilines is 2. The van der Waals surface area contributed by atoms with E-state index in [1.807, 2.05) is 11.8 Å². The predicted octanol–water partition coefficient (Wildman–Crippen LogP) is 2.40. The van der Waals surface area contributed by atoms with Crippen LogP contribution in [-0.2, 0) is 9.59 Å². The molecule has 2 heterocycles. The summed E-state index contributed by atoms with van der Waals surface area (Å²) in [7, 11) is 0. The van der Waals surface area contributed by atoms with Crippen LogP contribution in [0.2, 0.25) is 0 Å². The molecule has 1 saturated heterocycles. The third kappa shape index (κ3) is 4.47. The number of rotatable bonds is 6. The van der Waals surface area contributed by atoms with E-state index in [1.165, 1.54) is 0 Å². The molecule has 0 saturated carbocycles. The van der Waals surface area contributed by atoms with Gasteiger partial charge in [-0.1, -0.05) is 6.92 Å². The fraction of sp³-hybridized carbons (Fsp3) is 0.348. The molecule has 0 aromatic heterocycles. The van der Waals surface area contributed by atoms with Gasteiger partial charge in [-0.3, -0.25) is 14.5 Å². The molecule has 0 radical (unpaired) electrons. The van der Waals surface area contributed by atoms with Crippen LogP contribution in [0.5, 0.6) is 11.5 Å². The molecule has 8 heteroatoms. The van der Waals surface area contributed by atoms with Gasteiger partial charge in [0.25, 0.3) is 0 Å². The van der Waals surface area contributed by atoms with Crippen LogP contribution in [0.15, 0.2) is 42.5 Å². The molecule has 31 heavy (non-hydrogen) atoms. The van der Waals surface area contributed by atoms with Crippen molar-refractivity contribution in [2.24, 2.45) is 0 Å². The first-order chi connectivity index (χ1) is 15.1. The normalized spacial score (nSPS) is 17.5. The van der Waals surface area contributed by atoms with E-state index in [4.69, 9.17) is 14.7 Å². The molecule has 0 bridgehead atoms. The molecule has 2 aliphatic heterocycles. The van der Waals surface area contributed by atoms with Crippen LogP contribution in [0.25, 0.3) is 0 Å². The zero-order chi connectivity index (χ0) is 21.8. The number of nitrogens with zero attached hydrogens (tertiary/aromatic N) is 3. The predicted molar refractivity (Wildman–Crippen MR) is 115 cm³/mol. The summed E-state index contributed by atoms with van der Waals surface area (Å²) in [6.07, 6.45) is 0.643. The molecule has 160 valence electrons. The van der Waals surface area contributed by atoms with Crippen LogP contribution < -0.4 is 19.7 Å². The quantitative estimate of drug-likeness (QED) is 0.771. The molecule has 1 unspecified atom stereocenters. The van der Waals surface area contributed by atoms with E-state index < -0.39 is 0 Å². The Morgan fingerprint density at radius 2 is 1.94 bits per heavy atom. The van der Waals surface area contributed by atoms with Crippen LogP contribution in [0.1, 0.15) is 18.9 Å². The van der Waals surface area contributed by atoms with Crippen LogP contribution in [0.4, 0.5) is 11.4 Å². The van der Waals surface area contributed by atoms with Gasteiger partial charge in [0.05, 0.1) is 24.2 Å². The van der Waals surface area contributed by atoms with E-state index in [0.717, 1.165) is 5.69 Å². The van der Waals surface area contributed by atoms with Crippen molar-refractivity contribution in [1.82, 2.24) is 4.90 Å². The zero-order valence-corrected chi connectivity index (χ0v) is 17.3. The number of carbonyl (C=O) groups is 2. The number of amides is 2. The number of benzene rings is 2. The molecule has 8 nitrogen and oxygen atoms in total. The number of fused-ring (bicyclic) bond motifs is 1. The molecular weight excluding hydrogens is 396 g/mol. The van der Waals surface area contributed by atoms with E-state index in [-0.39, 0.29) is 24.4 Å². The first-order valence-electron chi connectivity index (χ1n) is 10.3. The van der Waals surface area contributed by atoms with Gasteiger partial charge in [0.1, 0.15) is 13.2 Å². The Labute approximate surface area is 181 Å². The lowest BCUT2D eigenvalue weighted by molar-refractivity contribution is -0.123. The highest BCUT2D eigenvalue weighted by molar-refractivity contribution is 6.00. The summed E-state index contributed by atoms with van der Waals surface area (Å²) in [5, 5.41) is 11.8. The number of likely N-dealkylation sites (N-methyl/N-ethyl adjacent to an activating group) is 1. The minimum Gasteiger partial charge on any atom is -0.486 e. The maximum absolute atomic E-state index is 13.0. The third-order valence-electron chi connectivity index (χ3n) is 5.50. The Morgan fingerprint density at radius 1 is 1.19 bits per heavy atom. The van der Waals surface area contributed by atoms with Gasteiger partial charge in [-0.25, -0.2) is 0 Å². The second-order valence-electron chi connectivity index (χ2n) is 7.42. The van der Waals surface area contributed by atoms with Crippen molar-refractivity contribution in [2.45, 2.75) is 19.4 Å². The summed E-state index contributed by atoms with van der Waals surface area (Å²) in [5.74, 6) is 1.06. The summed E-state index contributed by atoms with van der Waals surface area (Å²) < 4.78 is 11.1. The van der Waals surface area contributed by atoms with Gasteiger partial charge in [-0.2, -0.15) is 5.26 Å². The standard InChI is InChI=1S/C23H24N4O4/c1-2-26(15-22(28)25-17-5-8-20-21(13-17)31-12-11-30-20)19-9-10-27(23(19)29)18-6-3-16(14-24)4-7-18/h3-8,13,19H,2,9-12,15H2,1H3,(H,25,28). The summed E-state index contributed by atoms with van der Waals surface area (Å²) >= 11 is 0. The molecule has 0 aliphatic carbocycles. The fourth-order valence-electron chi connectivity index (χ4n) is 3.92. The number of nitriles is 1. The topological polar surface area (TPSA) is 94.9 Å².